The third-order valence-electron chi connectivity index (χ3n) is 2.80. The Morgan fingerprint density at radius 1 is 1.42 bits per heavy atom. The average Bonchev–Trinajstić information content (AvgIpc) is 2.71. The van der Waals surface area contributed by atoms with Crippen LogP contribution in [0.15, 0.2) is 18.2 Å². The van der Waals surface area contributed by atoms with Crippen molar-refractivity contribution in [2.45, 2.75) is 26.8 Å². The minimum absolute atomic E-state index is 0.152. The average molecular weight is 292 g/mol. The molecule has 98 valence electrons. The first-order chi connectivity index (χ1) is 9.01. The number of hydrogen-bond donors (Lipinski definition) is 1. The quantitative estimate of drug-likeness (QED) is 0.908. The van der Waals surface area contributed by atoms with E-state index in [4.69, 9.17) is 16.9 Å². The van der Waals surface area contributed by atoms with Gasteiger partial charge in [0.25, 0.3) is 0 Å². The van der Waals surface area contributed by atoms with E-state index in [2.05, 4.69) is 23.3 Å². The molecule has 2 aromatic rings. The van der Waals surface area contributed by atoms with Crippen LogP contribution in [0.25, 0.3) is 0 Å². The van der Waals surface area contributed by atoms with E-state index in [9.17, 15) is 0 Å². The largest absolute Gasteiger partial charge is 0.378 e. The molecule has 0 aliphatic carbocycles. The maximum atomic E-state index is 8.97. The molecule has 0 radical (unpaired) electrons. The summed E-state index contributed by atoms with van der Waals surface area (Å²) < 4.78 is 0. The summed E-state index contributed by atoms with van der Waals surface area (Å²) in [7, 11) is 0. The molecule has 0 spiro atoms. The van der Waals surface area contributed by atoms with E-state index in [1.54, 1.807) is 23.5 Å². The highest BCUT2D eigenvalue weighted by Gasteiger charge is 2.13. The second kappa shape index (κ2) is 5.60. The van der Waals surface area contributed by atoms with Gasteiger partial charge >= 0.3 is 0 Å². The number of nitriles is 1. The van der Waals surface area contributed by atoms with Crippen LogP contribution >= 0.6 is 22.9 Å². The van der Waals surface area contributed by atoms with Gasteiger partial charge in [-0.2, -0.15) is 5.26 Å². The van der Waals surface area contributed by atoms with Crippen molar-refractivity contribution in [3.8, 4) is 6.07 Å². The minimum atomic E-state index is 0.152. The third kappa shape index (κ3) is 3.06. The van der Waals surface area contributed by atoms with Gasteiger partial charge in [-0.05, 0) is 39.0 Å². The van der Waals surface area contributed by atoms with E-state index in [1.807, 2.05) is 19.9 Å². The van der Waals surface area contributed by atoms with Gasteiger partial charge in [-0.25, -0.2) is 4.98 Å². The van der Waals surface area contributed by atoms with Gasteiger partial charge in [-0.3, -0.25) is 0 Å². The number of anilines is 1. The summed E-state index contributed by atoms with van der Waals surface area (Å²) in [5.41, 5.74) is 2.42. The van der Waals surface area contributed by atoms with Gasteiger partial charge in [-0.15, -0.1) is 11.3 Å². The number of halogens is 1. The van der Waals surface area contributed by atoms with E-state index in [-0.39, 0.29) is 6.04 Å². The molecule has 1 aromatic carbocycles. The monoisotopic (exact) mass is 291 g/mol. The topological polar surface area (TPSA) is 48.7 Å². The van der Waals surface area contributed by atoms with Crippen molar-refractivity contribution < 1.29 is 0 Å². The molecule has 0 saturated carbocycles. The van der Waals surface area contributed by atoms with E-state index in [1.165, 1.54) is 4.88 Å². The molecule has 3 nitrogen and oxygen atoms in total. The maximum absolute atomic E-state index is 8.97. The molecule has 1 atom stereocenters. The summed E-state index contributed by atoms with van der Waals surface area (Å²) in [5.74, 6) is 0. The molecule has 1 N–H and O–H groups in total. The van der Waals surface area contributed by atoms with E-state index in [0.29, 0.717) is 10.6 Å². The Kier molecular flexibility index (Phi) is 4.08. The molecule has 1 aromatic heterocycles. The number of aromatic nitrogens is 1. The van der Waals surface area contributed by atoms with Crippen molar-refractivity contribution >= 4 is 28.6 Å². The minimum Gasteiger partial charge on any atom is -0.378 e. The maximum Gasteiger partial charge on any atom is 0.101 e. The lowest BCUT2D eigenvalue weighted by molar-refractivity contribution is 0.890. The Balaban J connectivity index is 2.22. The molecule has 1 unspecified atom stereocenters. The molecule has 0 fully saturated rings. The Morgan fingerprint density at radius 3 is 2.74 bits per heavy atom. The lowest BCUT2D eigenvalue weighted by atomic mass is 10.2. The Bertz CT molecular complexity index is 643. The summed E-state index contributed by atoms with van der Waals surface area (Å²) in [6.45, 7) is 6.10. The van der Waals surface area contributed by atoms with Crippen molar-refractivity contribution in [2.75, 3.05) is 5.32 Å². The van der Waals surface area contributed by atoms with Gasteiger partial charge in [0.1, 0.15) is 6.07 Å². The molecular formula is C14H14ClN3S. The first-order valence-corrected chi connectivity index (χ1v) is 7.11. The number of nitrogens with zero attached hydrogens (tertiary/aromatic N) is 2. The molecule has 2 rings (SSSR count). The summed E-state index contributed by atoms with van der Waals surface area (Å²) in [4.78, 5) is 5.64. The predicted molar refractivity (Wildman–Crippen MR) is 79.8 cm³/mol. The van der Waals surface area contributed by atoms with Crippen LogP contribution in [0.1, 0.15) is 34.1 Å². The van der Waals surface area contributed by atoms with Crippen molar-refractivity contribution in [2.24, 2.45) is 0 Å². The molecular weight excluding hydrogens is 278 g/mol. The summed E-state index contributed by atoms with van der Waals surface area (Å²) in [6, 6.07) is 7.61. The fourth-order valence-corrected chi connectivity index (χ4v) is 3.05. The molecule has 5 heteroatoms. The number of hydrogen-bond acceptors (Lipinski definition) is 4. The Labute approximate surface area is 121 Å². The smallest absolute Gasteiger partial charge is 0.101 e. The normalized spacial score (nSPS) is 11.9. The zero-order chi connectivity index (χ0) is 14.0. The number of aryl methyl sites for hydroxylation is 2. The van der Waals surface area contributed by atoms with Crippen molar-refractivity contribution in [3.63, 3.8) is 0 Å². The highest BCUT2D eigenvalue weighted by Crippen LogP contribution is 2.28. The summed E-state index contributed by atoms with van der Waals surface area (Å²) in [6.07, 6.45) is 0. The molecule has 0 amide bonds. The molecule has 0 aliphatic rings. The molecule has 1 heterocycles. The molecule has 0 saturated heterocycles. The number of benzene rings is 1. The Morgan fingerprint density at radius 2 is 2.16 bits per heavy atom. The SMILES string of the molecule is Cc1nc(C)c(C(C)Nc2ccc(Cl)c(C#N)c2)s1. The van der Waals surface area contributed by atoms with Crippen LogP contribution in [-0.4, -0.2) is 4.98 Å². The standard InChI is InChI=1S/C14H14ClN3S/c1-8-14(19-10(3)17-8)9(2)18-12-4-5-13(15)11(6-12)7-16/h4-6,9,18H,1-3H3. The van der Waals surface area contributed by atoms with Gasteiger partial charge < -0.3 is 5.32 Å². The first-order valence-electron chi connectivity index (χ1n) is 5.91. The zero-order valence-electron chi connectivity index (χ0n) is 11.0. The van der Waals surface area contributed by atoms with Crippen LogP contribution in [-0.2, 0) is 0 Å². The lowest BCUT2D eigenvalue weighted by Crippen LogP contribution is -2.06. The number of rotatable bonds is 3. The predicted octanol–water partition coefficient (Wildman–Crippen LogP) is 4.46. The van der Waals surface area contributed by atoms with Crippen LogP contribution in [0.3, 0.4) is 0 Å². The van der Waals surface area contributed by atoms with Crippen molar-refractivity contribution in [3.05, 3.63) is 44.4 Å². The fraction of sp³-hybridized carbons (Fsp3) is 0.286. The van der Waals surface area contributed by atoms with Crippen LogP contribution in [0.5, 0.6) is 0 Å². The van der Waals surface area contributed by atoms with Gasteiger partial charge in [0.05, 0.1) is 27.3 Å². The van der Waals surface area contributed by atoms with E-state index >= 15 is 0 Å². The molecule has 19 heavy (non-hydrogen) atoms. The second-order valence-electron chi connectivity index (χ2n) is 4.35. The van der Waals surface area contributed by atoms with Crippen molar-refractivity contribution in [1.82, 2.24) is 4.98 Å². The fourth-order valence-electron chi connectivity index (χ4n) is 1.97. The third-order valence-corrected chi connectivity index (χ3v) is 4.39. The second-order valence-corrected chi connectivity index (χ2v) is 6.00. The van der Waals surface area contributed by atoms with Gasteiger partial charge in [0.15, 0.2) is 0 Å². The van der Waals surface area contributed by atoms with Crippen LogP contribution in [0, 0.1) is 25.2 Å². The first kappa shape index (κ1) is 13.9. The van der Waals surface area contributed by atoms with E-state index < -0.39 is 0 Å². The van der Waals surface area contributed by atoms with Crippen LogP contribution in [0.2, 0.25) is 5.02 Å². The number of thiazole rings is 1. The summed E-state index contributed by atoms with van der Waals surface area (Å²) in [5, 5.41) is 13.9. The van der Waals surface area contributed by atoms with E-state index in [0.717, 1.165) is 16.4 Å². The summed E-state index contributed by atoms with van der Waals surface area (Å²) >= 11 is 7.61. The highest BCUT2D eigenvalue weighted by molar-refractivity contribution is 7.11. The van der Waals surface area contributed by atoms with Gasteiger partial charge in [0, 0.05) is 10.6 Å². The van der Waals surface area contributed by atoms with Gasteiger partial charge in [0.2, 0.25) is 0 Å². The van der Waals surface area contributed by atoms with Gasteiger partial charge in [-0.1, -0.05) is 11.6 Å². The number of nitrogens with one attached hydrogen (secondary N) is 1. The highest BCUT2D eigenvalue weighted by atomic mass is 35.5. The zero-order valence-corrected chi connectivity index (χ0v) is 12.6. The van der Waals surface area contributed by atoms with Crippen LogP contribution in [0.4, 0.5) is 5.69 Å². The van der Waals surface area contributed by atoms with Crippen LogP contribution < -0.4 is 5.32 Å². The molecule has 0 bridgehead atoms. The van der Waals surface area contributed by atoms with Crippen molar-refractivity contribution in [1.29, 1.82) is 5.26 Å². The molecule has 0 aliphatic heterocycles. The lowest BCUT2D eigenvalue weighted by Gasteiger charge is -2.14. The Hall–Kier alpha value is -1.57.